The molecule has 40 heavy (non-hydrogen) atoms. The number of likely N-dealkylation sites (tertiary alicyclic amines) is 1. The third-order valence-electron chi connectivity index (χ3n) is 8.87. The first-order valence-electron chi connectivity index (χ1n) is 13.9. The van der Waals surface area contributed by atoms with Gasteiger partial charge in [-0.05, 0) is 63.2 Å². The van der Waals surface area contributed by atoms with Gasteiger partial charge in [-0.25, -0.2) is 4.79 Å². The summed E-state index contributed by atoms with van der Waals surface area (Å²) in [5, 5.41) is 31.4. The quantitative estimate of drug-likeness (QED) is 0.351. The number of nitrogens with one attached hydrogen (secondary N) is 1. The molecule has 1 amide bonds. The topological polar surface area (TPSA) is 163 Å². The summed E-state index contributed by atoms with van der Waals surface area (Å²) in [5.74, 6) is -0.814. The summed E-state index contributed by atoms with van der Waals surface area (Å²) < 4.78 is 11.6. The number of aliphatic hydroxyl groups is 1. The third kappa shape index (κ3) is 5.05. The smallest absolute Gasteiger partial charge is 0.326 e. The lowest BCUT2D eigenvalue weighted by Gasteiger charge is -2.62. The van der Waals surface area contributed by atoms with E-state index in [9.17, 15) is 24.3 Å². The van der Waals surface area contributed by atoms with Crippen molar-refractivity contribution < 1.29 is 44.0 Å². The van der Waals surface area contributed by atoms with Gasteiger partial charge in [0.2, 0.25) is 5.91 Å². The van der Waals surface area contributed by atoms with Crippen LogP contribution in [-0.4, -0.2) is 88.3 Å². The molecular weight excluding hydrogens is 520 g/mol. The molecule has 1 saturated carbocycles. The number of Topliss-reactive ketones (excluding diaryl/α,β-unsaturated/α-hetero) is 1. The lowest BCUT2D eigenvalue weighted by atomic mass is 9.49. The number of benzene rings is 1. The summed E-state index contributed by atoms with van der Waals surface area (Å²) in [4.78, 5) is 47.3. The Bertz CT molecular complexity index is 1180. The van der Waals surface area contributed by atoms with E-state index in [0.29, 0.717) is 30.8 Å². The van der Waals surface area contributed by atoms with Gasteiger partial charge in [-0.15, -0.1) is 0 Å². The van der Waals surface area contributed by atoms with Crippen LogP contribution >= 0.6 is 0 Å². The van der Waals surface area contributed by atoms with E-state index in [4.69, 9.17) is 19.7 Å². The molecule has 1 aromatic carbocycles. The van der Waals surface area contributed by atoms with Crippen molar-refractivity contribution in [2.24, 2.45) is 5.92 Å². The molecule has 5 atom stereocenters. The van der Waals surface area contributed by atoms with Crippen molar-refractivity contribution in [1.29, 1.82) is 0 Å². The fourth-order valence-electron chi connectivity index (χ4n) is 7.04. The molecule has 1 aromatic rings. The van der Waals surface area contributed by atoms with E-state index in [0.717, 1.165) is 24.9 Å². The first kappa shape index (κ1) is 29.8. The van der Waals surface area contributed by atoms with Crippen molar-refractivity contribution in [3.05, 3.63) is 23.3 Å². The molecule has 2 aliphatic heterocycles. The van der Waals surface area contributed by atoms with Gasteiger partial charge in [-0.2, -0.15) is 0 Å². The summed E-state index contributed by atoms with van der Waals surface area (Å²) >= 11 is 0. The Balaban J connectivity index is 0.000000196. The predicted molar refractivity (Wildman–Crippen MR) is 144 cm³/mol. The molecule has 0 radical (unpaired) electrons. The number of rotatable bonds is 9. The second-order valence-electron chi connectivity index (χ2n) is 11.8. The molecule has 2 heterocycles. The number of hydrogen-bond donors (Lipinski definition) is 4. The van der Waals surface area contributed by atoms with Crippen LogP contribution in [0.3, 0.4) is 0 Å². The van der Waals surface area contributed by atoms with Gasteiger partial charge in [0.25, 0.3) is 0 Å². The number of carboxylic acid groups (broad SMARTS) is 2. The van der Waals surface area contributed by atoms with Crippen molar-refractivity contribution in [2.45, 2.75) is 94.4 Å². The highest BCUT2D eigenvalue weighted by Crippen LogP contribution is 2.64. The van der Waals surface area contributed by atoms with E-state index in [-0.39, 0.29) is 37.0 Å². The molecule has 0 aromatic heterocycles. The number of carbonyl (C=O) groups excluding carboxylic acids is 2. The maximum Gasteiger partial charge on any atom is 0.326 e. The Hall–Kier alpha value is -3.18. The van der Waals surface area contributed by atoms with Gasteiger partial charge in [0.05, 0.1) is 18.1 Å². The van der Waals surface area contributed by atoms with Crippen LogP contribution in [0.2, 0.25) is 0 Å². The first-order valence-corrected chi connectivity index (χ1v) is 13.9. The number of amides is 1. The molecule has 11 heteroatoms. The number of aliphatic carboxylic acids is 2. The van der Waals surface area contributed by atoms with Gasteiger partial charge >= 0.3 is 11.9 Å². The maximum absolute atomic E-state index is 12.7. The summed E-state index contributed by atoms with van der Waals surface area (Å²) in [6.45, 7) is 4.61. The van der Waals surface area contributed by atoms with Crippen LogP contribution in [0.1, 0.15) is 69.9 Å². The minimum absolute atomic E-state index is 0.0359. The molecule has 5 rings (SSSR count). The minimum Gasteiger partial charge on any atom is -0.493 e. The molecule has 4 aliphatic rings. The summed E-state index contributed by atoms with van der Waals surface area (Å²) in [7, 11) is 3.70. The fraction of sp³-hybridized carbons (Fsp3) is 0.655. The monoisotopic (exact) mass is 560 g/mol. The van der Waals surface area contributed by atoms with Crippen molar-refractivity contribution >= 4 is 23.6 Å². The fourth-order valence-corrected chi connectivity index (χ4v) is 7.04. The van der Waals surface area contributed by atoms with Crippen LogP contribution in [0.5, 0.6) is 11.5 Å². The number of carboxylic acids is 2. The SMILES string of the molecule is CC(C)C[C@H](NC(=O)CCCC(=O)O)C(=O)O.COc1ccc2c3c1O[C@H]1C(=O)CC[C@@]4(O)[C@@H](C2)N(C)CC[C@]314. The Morgan fingerprint density at radius 3 is 2.55 bits per heavy atom. The molecule has 11 nitrogen and oxygen atoms in total. The number of likely N-dealkylation sites (N-methyl/N-ethyl adjacent to an activating group) is 1. The van der Waals surface area contributed by atoms with Crippen LogP contribution < -0.4 is 14.8 Å². The van der Waals surface area contributed by atoms with Gasteiger partial charge in [0.15, 0.2) is 23.4 Å². The van der Waals surface area contributed by atoms with Crippen LogP contribution in [0.15, 0.2) is 12.1 Å². The van der Waals surface area contributed by atoms with Gasteiger partial charge < -0.3 is 35.0 Å². The summed E-state index contributed by atoms with van der Waals surface area (Å²) in [5.41, 5.74) is 0.737. The highest BCUT2D eigenvalue weighted by Gasteiger charge is 2.72. The molecule has 2 aliphatic carbocycles. The third-order valence-corrected chi connectivity index (χ3v) is 8.87. The van der Waals surface area contributed by atoms with E-state index in [1.807, 2.05) is 19.9 Å². The van der Waals surface area contributed by atoms with Gasteiger partial charge in [-0.1, -0.05) is 19.9 Å². The number of methoxy groups -OCH3 is 1. The largest absolute Gasteiger partial charge is 0.493 e. The second kappa shape index (κ2) is 11.4. The molecule has 4 N–H and O–H groups in total. The normalized spacial score (nSPS) is 28.5. The number of hydrogen-bond acceptors (Lipinski definition) is 8. The van der Waals surface area contributed by atoms with Crippen LogP contribution in [0.4, 0.5) is 0 Å². The zero-order valence-electron chi connectivity index (χ0n) is 23.6. The average molecular weight is 561 g/mol. The van der Waals surface area contributed by atoms with Crippen molar-refractivity contribution in [3.8, 4) is 11.5 Å². The van der Waals surface area contributed by atoms with Gasteiger partial charge in [0.1, 0.15) is 6.04 Å². The summed E-state index contributed by atoms with van der Waals surface area (Å²) in [6.07, 6.45) is 2.42. The number of piperidine rings is 1. The van der Waals surface area contributed by atoms with Crippen molar-refractivity contribution in [1.82, 2.24) is 10.2 Å². The number of ether oxygens (including phenoxy) is 2. The molecule has 220 valence electrons. The number of ketones is 1. The zero-order chi connectivity index (χ0) is 29.4. The maximum atomic E-state index is 12.7. The molecule has 2 fully saturated rings. The minimum atomic E-state index is -1.06. The van der Waals surface area contributed by atoms with Crippen molar-refractivity contribution in [2.75, 3.05) is 20.7 Å². The Morgan fingerprint density at radius 1 is 1.20 bits per heavy atom. The Morgan fingerprint density at radius 2 is 1.93 bits per heavy atom. The van der Waals surface area contributed by atoms with E-state index in [1.54, 1.807) is 7.11 Å². The van der Waals surface area contributed by atoms with Crippen LogP contribution in [-0.2, 0) is 31.0 Å². The Labute approximate surface area is 233 Å². The van der Waals surface area contributed by atoms with Gasteiger partial charge in [-0.3, -0.25) is 14.4 Å². The van der Waals surface area contributed by atoms with Gasteiger partial charge in [0, 0.05) is 30.9 Å². The summed E-state index contributed by atoms with van der Waals surface area (Å²) in [6, 6.07) is 3.15. The lowest BCUT2D eigenvalue weighted by molar-refractivity contribution is -0.185. The first-order chi connectivity index (χ1) is 18.9. The highest BCUT2D eigenvalue weighted by atomic mass is 16.5. The molecular formula is C29H40N2O9. The molecule has 0 unspecified atom stereocenters. The molecule has 1 saturated heterocycles. The molecule has 2 bridgehead atoms. The Kier molecular flexibility index (Phi) is 8.46. The molecule has 1 spiro atoms. The number of carbonyl (C=O) groups is 4. The lowest BCUT2D eigenvalue weighted by Crippen LogP contribution is -2.76. The van der Waals surface area contributed by atoms with Crippen LogP contribution in [0.25, 0.3) is 0 Å². The van der Waals surface area contributed by atoms with Crippen LogP contribution in [0, 0.1) is 5.92 Å². The average Bonchev–Trinajstić information content (AvgIpc) is 3.24. The number of nitrogens with zero attached hydrogens (tertiary/aromatic N) is 1. The zero-order valence-corrected chi connectivity index (χ0v) is 23.6. The van der Waals surface area contributed by atoms with Crippen molar-refractivity contribution in [3.63, 3.8) is 0 Å². The predicted octanol–water partition coefficient (Wildman–Crippen LogP) is 1.91. The standard InChI is InChI=1S/C18H21NO4.C11H19NO5/c1-19-8-7-17-14-10-3-4-12(22-2)15(14)23-16(17)11(20)5-6-18(17,21)13(19)9-10;1-7(2)6-8(11(16)17)12-9(13)4-3-5-10(14)15/h3-4,13,16,21H,5-9H2,1-2H3;7-8H,3-6H2,1-2H3,(H,12,13)(H,14,15)(H,16,17)/t13-,16+,17+,18-;8-/m10/s1. The van der Waals surface area contributed by atoms with E-state index in [1.165, 1.54) is 5.56 Å². The van der Waals surface area contributed by atoms with E-state index >= 15 is 0 Å². The van der Waals surface area contributed by atoms with E-state index < -0.39 is 41.0 Å². The second-order valence-corrected chi connectivity index (χ2v) is 11.8. The highest BCUT2D eigenvalue weighted by molar-refractivity contribution is 5.90. The van der Waals surface area contributed by atoms with E-state index in [2.05, 4.69) is 23.3 Å².